The van der Waals surface area contributed by atoms with Gasteiger partial charge in [-0.05, 0) is 55.2 Å². The van der Waals surface area contributed by atoms with Gasteiger partial charge in [-0.15, -0.1) is 0 Å². The highest BCUT2D eigenvalue weighted by atomic mass is 16.4. The standard InChI is InChI=1S/C19H21N3O3/c1-13(22-19(24)25)5-6-14-7-8-17(18(23)10-14)21-12-16-4-2-3-15(9-16)11-20/h2-4,7-10,13,21-23H,5-6,12H2,1H3,(H,24,25). The summed E-state index contributed by atoms with van der Waals surface area (Å²) < 4.78 is 0. The number of hydrogen-bond acceptors (Lipinski definition) is 4. The van der Waals surface area contributed by atoms with Crippen LogP contribution in [-0.2, 0) is 13.0 Å². The lowest BCUT2D eigenvalue weighted by Gasteiger charge is -2.13. The number of rotatable bonds is 7. The fourth-order valence-corrected chi connectivity index (χ4v) is 2.50. The molecule has 1 atom stereocenters. The molecule has 25 heavy (non-hydrogen) atoms. The van der Waals surface area contributed by atoms with Crippen LogP contribution in [0.25, 0.3) is 0 Å². The number of benzene rings is 2. The maximum atomic E-state index is 10.6. The van der Waals surface area contributed by atoms with Crippen molar-refractivity contribution < 1.29 is 15.0 Å². The minimum Gasteiger partial charge on any atom is -0.506 e. The Bertz CT molecular complexity index is 784. The molecule has 130 valence electrons. The monoisotopic (exact) mass is 339 g/mol. The summed E-state index contributed by atoms with van der Waals surface area (Å²) in [5.74, 6) is 0.146. The predicted molar refractivity (Wildman–Crippen MR) is 95.5 cm³/mol. The van der Waals surface area contributed by atoms with Crippen LogP contribution in [-0.4, -0.2) is 22.3 Å². The Morgan fingerprint density at radius 3 is 2.72 bits per heavy atom. The van der Waals surface area contributed by atoms with Gasteiger partial charge in [-0.2, -0.15) is 5.26 Å². The van der Waals surface area contributed by atoms with Crippen LogP contribution in [0.4, 0.5) is 10.5 Å². The summed E-state index contributed by atoms with van der Waals surface area (Å²) in [6, 6.07) is 14.6. The van der Waals surface area contributed by atoms with Crippen molar-refractivity contribution in [3.8, 4) is 11.8 Å². The largest absolute Gasteiger partial charge is 0.506 e. The number of aryl methyl sites for hydroxylation is 1. The van der Waals surface area contributed by atoms with E-state index < -0.39 is 6.09 Å². The second kappa shape index (κ2) is 8.60. The SMILES string of the molecule is CC(CCc1ccc(NCc2cccc(C#N)c2)c(O)c1)NC(=O)O. The van der Waals surface area contributed by atoms with Gasteiger partial charge < -0.3 is 20.8 Å². The van der Waals surface area contributed by atoms with E-state index in [0.29, 0.717) is 30.6 Å². The average molecular weight is 339 g/mol. The smallest absolute Gasteiger partial charge is 0.404 e. The Morgan fingerprint density at radius 1 is 1.24 bits per heavy atom. The zero-order valence-corrected chi connectivity index (χ0v) is 14.0. The molecule has 0 bridgehead atoms. The molecule has 1 unspecified atom stereocenters. The van der Waals surface area contributed by atoms with E-state index in [0.717, 1.165) is 11.1 Å². The number of phenols is 1. The van der Waals surface area contributed by atoms with E-state index in [1.165, 1.54) is 0 Å². The van der Waals surface area contributed by atoms with Crippen LogP contribution in [0, 0.1) is 11.3 Å². The molecule has 0 saturated carbocycles. The molecule has 6 nitrogen and oxygen atoms in total. The zero-order valence-electron chi connectivity index (χ0n) is 14.0. The van der Waals surface area contributed by atoms with Gasteiger partial charge in [0.2, 0.25) is 0 Å². The van der Waals surface area contributed by atoms with Gasteiger partial charge in [0.1, 0.15) is 5.75 Å². The Kier molecular flexibility index (Phi) is 6.24. The van der Waals surface area contributed by atoms with E-state index in [-0.39, 0.29) is 11.8 Å². The molecule has 0 heterocycles. The van der Waals surface area contributed by atoms with E-state index in [9.17, 15) is 9.90 Å². The van der Waals surface area contributed by atoms with Crippen molar-refractivity contribution >= 4 is 11.8 Å². The number of nitriles is 1. The van der Waals surface area contributed by atoms with E-state index in [1.807, 2.05) is 18.2 Å². The van der Waals surface area contributed by atoms with Gasteiger partial charge >= 0.3 is 6.09 Å². The number of aromatic hydroxyl groups is 1. The third kappa shape index (κ3) is 5.74. The van der Waals surface area contributed by atoms with Crippen molar-refractivity contribution in [3.05, 3.63) is 59.2 Å². The molecular weight excluding hydrogens is 318 g/mol. The molecule has 4 N–H and O–H groups in total. The summed E-state index contributed by atoms with van der Waals surface area (Å²) in [5.41, 5.74) is 3.11. The van der Waals surface area contributed by atoms with Crippen LogP contribution in [0.2, 0.25) is 0 Å². The minimum absolute atomic E-state index is 0.146. The van der Waals surface area contributed by atoms with Gasteiger partial charge in [0, 0.05) is 12.6 Å². The highest BCUT2D eigenvalue weighted by Crippen LogP contribution is 2.25. The van der Waals surface area contributed by atoms with Crippen LogP contribution in [0.15, 0.2) is 42.5 Å². The fraction of sp³-hybridized carbons (Fsp3) is 0.263. The molecule has 2 rings (SSSR count). The first-order valence-corrected chi connectivity index (χ1v) is 8.02. The number of amides is 1. The Morgan fingerprint density at radius 2 is 2.04 bits per heavy atom. The van der Waals surface area contributed by atoms with Crippen molar-refractivity contribution in [3.63, 3.8) is 0 Å². The van der Waals surface area contributed by atoms with Gasteiger partial charge in [-0.1, -0.05) is 18.2 Å². The van der Waals surface area contributed by atoms with Gasteiger partial charge in [0.25, 0.3) is 0 Å². The second-order valence-corrected chi connectivity index (χ2v) is 5.91. The van der Waals surface area contributed by atoms with Crippen LogP contribution in [0.1, 0.15) is 30.0 Å². The highest BCUT2D eigenvalue weighted by molar-refractivity contribution is 5.64. The molecular formula is C19H21N3O3. The molecule has 0 aromatic heterocycles. The molecule has 0 aliphatic carbocycles. The summed E-state index contributed by atoms with van der Waals surface area (Å²) in [7, 11) is 0. The van der Waals surface area contributed by atoms with Crippen molar-refractivity contribution in [2.75, 3.05) is 5.32 Å². The van der Waals surface area contributed by atoms with Gasteiger partial charge in [-0.3, -0.25) is 0 Å². The quantitative estimate of drug-likeness (QED) is 0.578. The van der Waals surface area contributed by atoms with Crippen LogP contribution in [0.3, 0.4) is 0 Å². The normalized spacial score (nSPS) is 11.4. The molecule has 0 spiro atoms. The number of carboxylic acid groups (broad SMARTS) is 1. The topological polar surface area (TPSA) is 105 Å². The lowest BCUT2D eigenvalue weighted by atomic mass is 10.1. The van der Waals surface area contributed by atoms with Crippen LogP contribution < -0.4 is 10.6 Å². The van der Waals surface area contributed by atoms with Crippen molar-refractivity contribution in [1.29, 1.82) is 5.26 Å². The minimum atomic E-state index is -1.03. The number of nitrogens with zero attached hydrogens (tertiary/aromatic N) is 1. The third-order valence-electron chi connectivity index (χ3n) is 3.84. The third-order valence-corrected chi connectivity index (χ3v) is 3.84. The molecule has 0 aliphatic rings. The average Bonchev–Trinajstić information content (AvgIpc) is 2.58. The molecule has 0 saturated heterocycles. The summed E-state index contributed by atoms with van der Waals surface area (Å²) in [6.07, 6.45) is 0.286. The van der Waals surface area contributed by atoms with Gasteiger partial charge in [0.05, 0.1) is 17.3 Å². The molecule has 0 aliphatic heterocycles. The van der Waals surface area contributed by atoms with Crippen molar-refractivity contribution in [1.82, 2.24) is 5.32 Å². The summed E-state index contributed by atoms with van der Waals surface area (Å²) >= 11 is 0. The Labute approximate surface area is 146 Å². The molecule has 6 heteroatoms. The molecule has 1 amide bonds. The molecule has 0 radical (unpaired) electrons. The predicted octanol–water partition coefficient (Wildman–Crippen LogP) is 3.46. The van der Waals surface area contributed by atoms with E-state index in [1.54, 1.807) is 31.2 Å². The number of anilines is 1. The zero-order chi connectivity index (χ0) is 18.2. The molecule has 2 aromatic carbocycles. The number of nitrogens with one attached hydrogen (secondary N) is 2. The lowest BCUT2D eigenvalue weighted by Crippen LogP contribution is -2.31. The first kappa shape index (κ1) is 18.1. The molecule has 2 aromatic rings. The van der Waals surface area contributed by atoms with Crippen LogP contribution in [0.5, 0.6) is 5.75 Å². The summed E-state index contributed by atoms with van der Waals surface area (Å²) in [4.78, 5) is 10.6. The summed E-state index contributed by atoms with van der Waals surface area (Å²) in [5, 5.41) is 33.3. The Hall–Kier alpha value is -3.20. The van der Waals surface area contributed by atoms with Crippen molar-refractivity contribution in [2.24, 2.45) is 0 Å². The second-order valence-electron chi connectivity index (χ2n) is 5.91. The van der Waals surface area contributed by atoms with Crippen molar-refractivity contribution in [2.45, 2.75) is 32.4 Å². The maximum absolute atomic E-state index is 10.6. The molecule has 0 fully saturated rings. The van der Waals surface area contributed by atoms with E-state index >= 15 is 0 Å². The van der Waals surface area contributed by atoms with Gasteiger partial charge in [0.15, 0.2) is 0 Å². The van der Waals surface area contributed by atoms with E-state index in [4.69, 9.17) is 10.4 Å². The first-order valence-electron chi connectivity index (χ1n) is 8.02. The summed E-state index contributed by atoms with van der Waals surface area (Å²) in [6.45, 7) is 2.31. The van der Waals surface area contributed by atoms with Crippen LogP contribution >= 0.6 is 0 Å². The van der Waals surface area contributed by atoms with Gasteiger partial charge in [-0.25, -0.2) is 4.79 Å². The Balaban J connectivity index is 1.92. The maximum Gasteiger partial charge on any atom is 0.404 e. The van der Waals surface area contributed by atoms with E-state index in [2.05, 4.69) is 16.7 Å². The highest BCUT2D eigenvalue weighted by Gasteiger charge is 2.07. The fourth-order valence-electron chi connectivity index (χ4n) is 2.50. The number of carbonyl (C=O) groups is 1. The number of hydrogen-bond donors (Lipinski definition) is 4. The first-order chi connectivity index (χ1) is 12.0. The number of phenolic OH excluding ortho intramolecular Hbond substituents is 1. The lowest BCUT2D eigenvalue weighted by molar-refractivity contribution is 0.190.